The Kier molecular flexibility index (Phi) is 6.77. The first kappa shape index (κ1) is 23.9. The second-order valence-corrected chi connectivity index (χ2v) is 8.41. The molecule has 182 valence electrons. The molecule has 1 aliphatic heterocycles. The van der Waals surface area contributed by atoms with Gasteiger partial charge in [-0.25, -0.2) is 0 Å². The summed E-state index contributed by atoms with van der Waals surface area (Å²) < 4.78 is 12.3. The van der Waals surface area contributed by atoms with E-state index in [1.54, 1.807) is 59.2 Å². The molecule has 1 fully saturated rings. The SMILES string of the molecule is COc1ccc(N2C[C@@H](C(=O)Nc3cccc(C(=O)Nn4c(C)ccc4C)c3)CC2=O)c(OC)c1. The normalized spacial score (nSPS) is 15.1. The Labute approximate surface area is 203 Å². The molecule has 2 N–H and O–H groups in total. The van der Waals surface area contributed by atoms with Crippen LogP contribution in [0.15, 0.2) is 54.6 Å². The second-order valence-electron chi connectivity index (χ2n) is 8.41. The molecular formula is C26H28N4O5. The number of carbonyl (C=O) groups excluding carboxylic acids is 3. The Morgan fingerprint density at radius 3 is 2.40 bits per heavy atom. The summed E-state index contributed by atoms with van der Waals surface area (Å²) in [5.74, 6) is -0.195. The zero-order chi connectivity index (χ0) is 25.1. The smallest absolute Gasteiger partial charge is 0.270 e. The number of aromatic nitrogens is 1. The third-order valence-electron chi connectivity index (χ3n) is 6.05. The largest absolute Gasteiger partial charge is 0.497 e. The number of aryl methyl sites for hydroxylation is 2. The highest BCUT2D eigenvalue weighted by Gasteiger charge is 2.36. The molecule has 1 aliphatic rings. The van der Waals surface area contributed by atoms with Crippen molar-refractivity contribution in [1.82, 2.24) is 4.68 Å². The van der Waals surface area contributed by atoms with Crippen molar-refractivity contribution in [1.29, 1.82) is 0 Å². The molecule has 0 unspecified atom stereocenters. The molecule has 1 aromatic heterocycles. The lowest BCUT2D eigenvalue weighted by Gasteiger charge is -2.20. The second kappa shape index (κ2) is 9.92. The summed E-state index contributed by atoms with van der Waals surface area (Å²) >= 11 is 0. The van der Waals surface area contributed by atoms with Crippen LogP contribution in [-0.2, 0) is 9.59 Å². The van der Waals surface area contributed by atoms with E-state index in [1.165, 1.54) is 7.11 Å². The van der Waals surface area contributed by atoms with Gasteiger partial charge in [-0.1, -0.05) is 6.07 Å². The van der Waals surface area contributed by atoms with Gasteiger partial charge >= 0.3 is 0 Å². The van der Waals surface area contributed by atoms with Gasteiger partial charge in [-0.15, -0.1) is 0 Å². The van der Waals surface area contributed by atoms with E-state index >= 15 is 0 Å². The topological polar surface area (TPSA) is 102 Å². The first-order valence-electron chi connectivity index (χ1n) is 11.2. The number of anilines is 2. The van der Waals surface area contributed by atoms with Crippen molar-refractivity contribution in [2.75, 3.05) is 36.4 Å². The molecule has 35 heavy (non-hydrogen) atoms. The van der Waals surface area contributed by atoms with Gasteiger partial charge in [-0.2, -0.15) is 0 Å². The van der Waals surface area contributed by atoms with Crippen molar-refractivity contribution in [2.24, 2.45) is 5.92 Å². The van der Waals surface area contributed by atoms with Crippen molar-refractivity contribution >= 4 is 29.1 Å². The molecular weight excluding hydrogens is 448 g/mol. The third-order valence-corrected chi connectivity index (χ3v) is 6.05. The molecule has 1 saturated heterocycles. The van der Waals surface area contributed by atoms with Crippen LogP contribution >= 0.6 is 0 Å². The minimum Gasteiger partial charge on any atom is -0.497 e. The van der Waals surface area contributed by atoms with Crippen molar-refractivity contribution in [3.63, 3.8) is 0 Å². The highest BCUT2D eigenvalue weighted by molar-refractivity contribution is 6.05. The molecule has 0 aliphatic carbocycles. The lowest BCUT2D eigenvalue weighted by atomic mass is 10.1. The Balaban J connectivity index is 1.44. The van der Waals surface area contributed by atoms with E-state index in [9.17, 15) is 14.4 Å². The monoisotopic (exact) mass is 476 g/mol. The van der Waals surface area contributed by atoms with Crippen LogP contribution in [0.1, 0.15) is 28.2 Å². The number of benzene rings is 2. The molecule has 9 nitrogen and oxygen atoms in total. The average molecular weight is 477 g/mol. The number of hydrogen-bond acceptors (Lipinski definition) is 5. The summed E-state index contributed by atoms with van der Waals surface area (Å²) in [6.45, 7) is 4.02. The summed E-state index contributed by atoms with van der Waals surface area (Å²) in [5.41, 5.74) is 6.14. The number of carbonyl (C=O) groups is 3. The number of methoxy groups -OCH3 is 2. The van der Waals surface area contributed by atoms with E-state index in [4.69, 9.17) is 9.47 Å². The number of amides is 3. The van der Waals surface area contributed by atoms with Crippen LogP contribution in [0.2, 0.25) is 0 Å². The molecule has 1 atom stereocenters. The predicted octanol–water partition coefficient (Wildman–Crippen LogP) is 3.50. The lowest BCUT2D eigenvalue weighted by Crippen LogP contribution is -2.28. The van der Waals surface area contributed by atoms with Gasteiger partial charge in [-0.05, 0) is 56.3 Å². The van der Waals surface area contributed by atoms with Crippen LogP contribution < -0.4 is 25.1 Å². The van der Waals surface area contributed by atoms with Crippen LogP contribution in [0.3, 0.4) is 0 Å². The highest BCUT2D eigenvalue weighted by atomic mass is 16.5. The van der Waals surface area contributed by atoms with E-state index in [0.717, 1.165) is 11.4 Å². The van der Waals surface area contributed by atoms with Crippen LogP contribution in [0.25, 0.3) is 0 Å². The molecule has 3 aromatic rings. The summed E-state index contributed by atoms with van der Waals surface area (Å²) in [6.07, 6.45) is 0.0768. The summed E-state index contributed by atoms with van der Waals surface area (Å²) in [7, 11) is 3.07. The molecule has 0 radical (unpaired) electrons. The minimum atomic E-state index is -0.544. The lowest BCUT2D eigenvalue weighted by molar-refractivity contribution is -0.122. The number of hydrogen-bond donors (Lipinski definition) is 2. The van der Waals surface area contributed by atoms with Gasteiger partial charge in [0.25, 0.3) is 5.91 Å². The van der Waals surface area contributed by atoms with Gasteiger partial charge in [-0.3, -0.25) is 24.5 Å². The van der Waals surface area contributed by atoms with Crippen LogP contribution in [0, 0.1) is 19.8 Å². The van der Waals surface area contributed by atoms with Crippen LogP contribution in [0.5, 0.6) is 11.5 Å². The number of ether oxygens (including phenoxy) is 2. The Morgan fingerprint density at radius 2 is 1.71 bits per heavy atom. The fourth-order valence-electron chi connectivity index (χ4n) is 4.12. The molecule has 2 heterocycles. The van der Waals surface area contributed by atoms with Crippen molar-refractivity contribution in [3.8, 4) is 11.5 Å². The zero-order valence-electron chi connectivity index (χ0n) is 20.1. The first-order chi connectivity index (χ1) is 16.8. The molecule has 0 saturated carbocycles. The highest BCUT2D eigenvalue weighted by Crippen LogP contribution is 2.36. The van der Waals surface area contributed by atoms with Gasteiger partial charge < -0.3 is 19.7 Å². The molecule has 9 heteroatoms. The maximum atomic E-state index is 13.0. The number of nitrogens with one attached hydrogen (secondary N) is 2. The van der Waals surface area contributed by atoms with Gasteiger partial charge in [0, 0.05) is 41.7 Å². The Hall–Kier alpha value is -4.27. The van der Waals surface area contributed by atoms with Crippen molar-refractivity contribution in [3.05, 3.63) is 71.5 Å². The molecule has 0 bridgehead atoms. The summed E-state index contributed by atoms with van der Waals surface area (Å²) in [4.78, 5) is 40.0. The Bertz CT molecular complexity index is 1260. The van der Waals surface area contributed by atoms with E-state index in [0.29, 0.717) is 28.4 Å². The number of nitrogens with zero attached hydrogens (tertiary/aromatic N) is 2. The van der Waals surface area contributed by atoms with E-state index < -0.39 is 5.92 Å². The fourth-order valence-corrected chi connectivity index (χ4v) is 4.12. The first-order valence-corrected chi connectivity index (χ1v) is 11.2. The average Bonchev–Trinajstić information content (AvgIpc) is 3.40. The fraction of sp³-hybridized carbons (Fsp3) is 0.269. The van der Waals surface area contributed by atoms with Gasteiger partial charge in [0.1, 0.15) is 11.5 Å². The summed E-state index contributed by atoms with van der Waals surface area (Å²) in [5, 5.41) is 2.84. The van der Waals surface area contributed by atoms with Crippen molar-refractivity contribution < 1.29 is 23.9 Å². The van der Waals surface area contributed by atoms with Gasteiger partial charge in [0.2, 0.25) is 11.8 Å². The minimum absolute atomic E-state index is 0.0768. The van der Waals surface area contributed by atoms with E-state index in [1.807, 2.05) is 26.0 Å². The van der Waals surface area contributed by atoms with Crippen molar-refractivity contribution in [2.45, 2.75) is 20.3 Å². The maximum absolute atomic E-state index is 13.0. The molecule has 0 spiro atoms. The maximum Gasteiger partial charge on any atom is 0.270 e. The van der Waals surface area contributed by atoms with Gasteiger partial charge in [0.05, 0.1) is 25.8 Å². The zero-order valence-corrected chi connectivity index (χ0v) is 20.1. The molecule has 3 amide bonds. The van der Waals surface area contributed by atoms with Crippen LogP contribution in [-0.4, -0.2) is 43.2 Å². The van der Waals surface area contributed by atoms with E-state index in [2.05, 4.69) is 10.7 Å². The van der Waals surface area contributed by atoms with Gasteiger partial charge in [0.15, 0.2) is 0 Å². The molecule has 4 rings (SSSR count). The number of rotatable bonds is 7. The quantitative estimate of drug-likeness (QED) is 0.544. The summed E-state index contributed by atoms with van der Waals surface area (Å²) in [6, 6.07) is 15.7. The Morgan fingerprint density at radius 1 is 0.971 bits per heavy atom. The molecule has 2 aromatic carbocycles. The van der Waals surface area contributed by atoms with Crippen LogP contribution in [0.4, 0.5) is 11.4 Å². The van der Waals surface area contributed by atoms with E-state index in [-0.39, 0.29) is 30.7 Å². The predicted molar refractivity (Wildman–Crippen MR) is 133 cm³/mol. The standard InChI is InChI=1S/C26H28N4O5/c1-16-8-9-17(2)30(16)28-26(33)18-6-5-7-20(12-18)27-25(32)19-13-24(31)29(15-19)22-11-10-21(34-3)14-23(22)35-4/h5-12,14,19H,13,15H2,1-4H3,(H,27,32)(H,28,33)/t19-/m0/s1. The third kappa shape index (κ3) is 4.98.